The SMILES string of the molecule is CCCNC(=O)C(C)N(CCc1ccccc1)C(=O)COc1ccccc1. The summed E-state index contributed by atoms with van der Waals surface area (Å²) in [6.07, 6.45) is 1.54. The minimum Gasteiger partial charge on any atom is -0.484 e. The molecule has 144 valence electrons. The van der Waals surface area contributed by atoms with Gasteiger partial charge in [0.05, 0.1) is 0 Å². The number of nitrogens with one attached hydrogen (secondary N) is 1. The highest BCUT2D eigenvalue weighted by Crippen LogP contribution is 2.10. The normalized spacial score (nSPS) is 11.5. The average Bonchev–Trinajstić information content (AvgIpc) is 2.72. The van der Waals surface area contributed by atoms with E-state index in [1.807, 2.05) is 55.5 Å². The molecular formula is C22H28N2O3. The molecule has 0 aliphatic rings. The number of hydrogen-bond donors (Lipinski definition) is 1. The lowest BCUT2D eigenvalue weighted by Crippen LogP contribution is -2.50. The Balaban J connectivity index is 2.02. The molecule has 1 unspecified atom stereocenters. The van der Waals surface area contributed by atoms with Crippen molar-refractivity contribution < 1.29 is 14.3 Å². The topological polar surface area (TPSA) is 58.6 Å². The Morgan fingerprint density at radius 1 is 1.04 bits per heavy atom. The van der Waals surface area contributed by atoms with E-state index in [1.165, 1.54) is 0 Å². The first-order valence-corrected chi connectivity index (χ1v) is 9.40. The molecule has 2 amide bonds. The van der Waals surface area contributed by atoms with Crippen molar-refractivity contribution in [2.75, 3.05) is 19.7 Å². The molecule has 5 nitrogen and oxygen atoms in total. The molecule has 27 heavy (non-hydrogen) atoms. The van der Waals surface area contributed by atoms with Crippen molar-refractivity contribution in [3.63, 3.8) is 0 Å². The third-order valence-corrected chi connectivity index (χ3v) is 4.31. The van der Waals surface area contributed by atoms with Gasteiger partial charge in [0.25, 0.3) is 5.91 Å². The van der Waals surface area contributed by atoms with Gasteiger partial charge in [-0.2, -0.15) is 0 Å². The number of amides is 2. The lowest BCUT2D eigenvalue weighted by Gasteiger charge is -2.28. The second kappa shape index (κ2) is 11.0. The van der Waals surface area contributed by atoms with Crippen LogP contribution in [-0.2, 0) is 16.0 Å². The van der Waals surface area contributed by atoms with Gasteiger partial charge in [-0.05, 0) is 37.5 Å². The Kier molecular flexibility index (Phi) is 8.36. The zero-order valence-corrected chi connectivity index (χ0v) is 16.1. The second-order valence-electron chi connectivity index (χ2n) is 6.39. The van der Waals surface area contributed by atoms with Crippen LogP contribution in [0, 0.1) is 0 Å². The minimum absolute atomic E-state index is 0.0931. The van der Waals surface area contributed by atoms with Gasteiger partial charge in [0.2, 0.25) is 5.91 Å². The summed E-state index contributed by atoms with van der Waals surface area (Å²) < 4.78 is 5.59. The summed E-state index contributed by atoms with van der Waals surface area (Å²) in [4.78, 5) is 26.8. The molecule has 0 bridgehead atoms. The predicted molar refractivity (Wildman–Crippen MR) is 107 cm³/mol. The number of carbonyl (C=O) groups excluding carboxylic acids is 2. The fraction of sp³-hybridized carbons (Fsp3) is 0.364. The molecule has 0 aliphatic carbocycles. The highest BCUT2D eigenvalue weighted by Gasteiger charge is 2.25. The standard InChI is InChI=1S/C22H28N2O3/c1-3-15-23-22(26)18(2)24(16-14-19-10-6-4-7-11-19)21(25)17-27-20-12-8-5-9-13-20/h4-13,18H,3,14-17H2,1-2H3,(H,23,26). The summed E-state index contributed by atoms with van der Waals surface area (Å²) in [6, 6.07) is 18.6. The van der Waals surface area contributed by atoms with Gasteiger partial charge in [-0.25, -0.2) is 0 Å². The molecule has 0 aromatic heterocycles. The largest absolute Gasteiger partial charge is 0.484 e. The summed E-state index contributed by atoms with van der Waals surface area (Å²) in [6.45, 7) is 4.73. The molecule has 2 aromatic carbocycles. The summed E-state index contributed by atoms with van der Waals surface area (Å²) in [5, 5.41) is 2.87. The third kappa shape index (κ3) is 6.77. The van der Waals surface area contributed by atoms with Crippen molar-refractivity contribution >= 4 is 11.8 Å². The maximum Gasteiger partial charge on any atom is 0.261 e. The number of benzene rings is 2. The number of para-hydroxylation sites is 1. The van der Waals surface area contributed by atoms with E-state index in [2.05, 4.69) is 5.32 Å². The number of carbonyl (C=O) groups is 2. The van der Waals surface area contributed by atoms with Crippen LogP contribution in [0.3, 0.4) is 0 Å². The van der Waals surface area contributed by atoms with Crippen LogP contribution < -0.4 is 10.1 Å². The van der Waals surface area contributed by atoms with E-state index >= 15 is 0 Å². The molecule has 0 saturated carbocycles. The molecule has 1 N–H and O–H groups in total. The van der Waals surface area contributed by atoms with Crippen LogP contribution in [0.15, 0.2) is 60.7 Å². The molecule has 0 spiro atoms. The monoisotopic (exact) mass is 368 g/mol. The van der Waals surface area contributed by atoms with Crippen LogP contribution in [-0.4, -0.2) is 42.5 Å². The highest BCUT2D eigenvalue weighted by molar-refractivity contribution is 5.87. The first-order chi connectivity index (χ1) is 13.1. The second-order valence-corrected chi connectivity index (χ2v) is 6.39. The number of hydrogen-bond acceptors (Lipinski definition) is 3. The Morgan fingerprint density at radius 3 is 2.30 bits per heavy atom. The van der Waals surface area contributed by atoms with Gasteiger partial charge in [-0.3, -0.25) is 9.59 Å². The maximum atomic E-state index is 12.8. The average molecular weight is 368 g/mol. The summed E-state index contributed by atoms with van der Waals surface area (Å²) >= 11 is 0. The first-order valence-electron chi connectivity index (χ1n) is 9.40. The van der Waals surface area contributed by atoms with Crippen molar-refractivity contribution in [1.29, 1.82) is 0 Å². The van der Waals surface area contributed by atoms with Crippen molar-refractivity contribution in [1.82, 2.24) is 10.2 Å². The van der Waals surface area contributed by atoms with Crippen molar-refractivity contribution in [2.45, 2.75) is 32.7 Å². The first kappa shape index (κ1) is 20.5. The van der Waals surface area contributed by atoms with E-state index in [9.17, 15) is 9.59 Å². The Hall–Kier alpha value is -2.82. The molecule has 2 rings (SSSR count). The van der Waals surface area contributed by atoms with E-state index in [0.29, 0.717) is 25.3 Å². The zero-order chi connectivity index (χ0) is 19.5. The lowest BCUT2D eigenvalue weighted by molar-refractivity contribution is -0.141. The molecule has 0 heterocycles. The van der Waals surface area contributed by atoms with Gasteiger partial charge in [0.15, 0.2) is 6.61 Å². The van der Waals surface area contributed by atoms with Gasteiger partial charge in [0, 0.05) is 13.1 Å². The fourth-order valence-electron chi connectivity index (χ4n) is 2.71. The maximum absolute atomic E-state index is 12.8. The Morgan fingerprint density at radius 2 is 1.67 bits per heavy atom. The summed E-state index contributed by atoms with van der Waals surface area (Å²) in [5.74, 6) is 0.295. The molecule has 2 aromatic rings. The fourth-order valence-corrected chi connectivity index (χ4v) is 2.71. The minimum atomic E-state index is -0.549. The molecule has 1 atom stereocenters. The molecule has 0 aliphatic heterocycles. The van der Waals surface area contributed by atoms with Crippen molar-refractivity contribution in [3.8, 4) is 5.75 Å². The van der Waals surface area contributed by atoms with Gasteiger partial charge in [-0.15, -0.1) is 0 Å². The van der Waals surface area contributed by atoms with Crippen LogP contribution in [0.5, 0.6) is 5.75 Å². The van der Waals surface area contributed by atoms with Crippen molar-refractivity contribution in [2.24, 2.45) is 0 Å². The number of rotatable bonds is 10. The van der Waals surface area contributed by atoms with E-state index in [4.69, 9.17) is 4.74 Å². The molecular weight excluding hydrogens is 340 g/mol. The summed E-state index contributed by atoms with van der Waals surface area (Å²) in [7, 11) is 0. The van der Waals surface area contributed by atoms with E-state index < -0.39 is 6.04 Å². The summed E-state index contributed by atoms with van der Waals surface area (Å²) in [5.41, 5.74) is 1.13. The van der Waals surface area contributed by atoms with E-state index in [1.54, 1.807) is 24.0 Å². The van der Waals surface area contributed by atoms with E-state index in [0.717, 1.165) is 12.0 Å². The molecule has 0 saturated heterocycles. The third-order valence-electron chi connectivity index (χ3n) is 4.31. The zero-order valence-electron chi connectivity index (χ0n) is 16.1. The van der Waals surface area contributed by atoms with Crippen LogP contribution in [0.1, 0.15) is 25.8 Å². The number of nitrogens with zero attached hydrogens (tertiary/aromatic N) is 1. The van der Waals surface area contributed by atoms with Crippen LogP contribution in [0.4, 0.5) is 0 Å². The quantitative estimate of drug-likeness (QED) is 0.701. The van der Waals surface area contributed by atoms with Crippen LogP contribution in [0.2, 0.25) is 0 Å². The molecule has 5 heteroatoms. The van der Waals surface area contributed by atoms with Crippen LogP contribution >= 0.6 is 0 Å². The van der Waals surface area contributed by atoms with Gasteiger partial charge in [0.1, 0.15) is 11.8 Å². The van der Waals surface area contributed by atoms with Crippen molar-refractivity contribution in [3.05, 3.63) is 66.2 Å². The molecule has 0 fully saturated rings. The van der Waals surface area contributed by atoms with Crippen LogP contribution in [0.25, 0.3) is 0 Å². The smallest absolute Gasteiger partial charge is 0.261 e. The highest BCUT2D eigenvalue weighted by atomic mass is 16.5. The Bertz CT molecular complexity index is 704. The van der Waals surface area contributed by atoms with Gasteiger partial charge >= 0.3 is 0 Å². The van der Waals surface area contributed by atoms with Gasteiger partial charge in [-0.1, -0.05) is 55.5 Å². The number of ether oxygens (including phenoxy) is 1. The Labute approximate surface area is 161 Å². The molecule has 0 radical (unpaired) electrons. The van der Waals surface area contributed by atoms with E-state index in [-0.39, 0.29) is 18.4 Å². The lowest BCUT2D eigenvalue weighted by atomic mass is 10.1. The van der Waals surface area contributed by atoms with Gasteiger partial charge < -0.3 is 15.0 Å². The predicted octanol–water partition coefficient (Wildman–Crippen LogP) is 3.05.